The molecule has 0 N–H and O–H groups in total. The van der Waals surface area contributed by atoms with Crippen LogP contribution in [0, 0.1) is 11.8 Å². The Balaban J connectivity index is 1.47. The molecule has 3 aliphatic heterocycles. The van der Waals surface area contributed by atoms with E-state index in [4.69, 9.17) is 4.74 Å². The Morgan fingerprint density at radius 2 is 1.57 bits per heavy atom. The van der Waals surface area contributed by atoms with E-state index in [1.54, 1.807) is 55.6 Å². The molecule has 0 unspecified atom stereocenters. The molecule has 3 aromatic carbocycles. The van der Waals surface area contributed by atoms with Gasteiger partial charge in [-0.05, 0) is 60.2 Å². The summed E-state index contributed by atoms with van der Waals surface area (Å²) in [6, 6.07) is 20.5. The fourth-order valence-corrected chi connectivity index (χ4v) is 5.85. The Morgan fingerprint density at radius 3 is 2.29 bits per heavy atom. The second kappa shape index (κ2) is 8.20. The zero-order valence-corrected chi connectivity index (χ0v) is 20.4. The minimum absolute atomic E-state index is 0.186. The van der Waals surface area contributed by atoms with E-state index in [1.807, 2.05) is 41.3 Å². The number of Topliss-reactive ketones (excluding diaryl/α,β-unsaturated/α-hetero) is 1. The van der Waals surface area contributed by atoms with Crippen LogP contribution in [0.2, 0.25) is 0 Å². The average molecular weight is 529 g/mol. The van der Waals surface area contributed by atoms with E-state index in [1.165, 1.54) is 4.90 Å². The van der Waals surface area contributed by atoms with Gasteiger partial charge in [0.1, 0.15) is 11.8 Å². The van der Waals surface area contributed by atoms with Gasteiger partial charge in [0.2, 0.25) is 11.8 Å². The number of nitrogens with zero attached hydrogens (tertiary/aromatic N) is 2. The van der Waals surface area contributed by atoms with Crippen molar-refractivity contribution in [2.75, 3.05) is 16.9 Å². The SMILES string of the molecule is COc1ccc(C(=O)[C@@H]2[C@@H]3C(=O)N(c4ccc(Br)cc4)C(=O)[C@@H]3[C@H]3C=Cc4ccccc4N32)cc1. The average Bonchev–Trinajstić information content (AvgIpc) is 3.37. The van der Waals surface area contributed by atoms with Crippen molar-refractivity contribution in [3.05, 3.63) is 94.5 Å². The number of anilines is 2. The molecule has 0 saturated carbocycles. The maximum atomic E-state index is 14.0. The molecule has 35 heavy (non-hydrogen) atoms. The molecule has 2 fully saturated rings. The van der Waals surface area contributed by atoms with Crippen molar-refractivity contribution in [3.8, 4) is 5.75 Å². The largest absolute Gasteiger partial charge is 0.497 e. The Hall–Kier alpha value is -3.71. The fourth-order valence-electron chi connectivity index (χ4n) is 5.58. The molecular weight excluding hydrogens is 508 g/mol. The fraction of sp³-hybridized carbons (Fsp3) is 0.179. The molecule has 4 atom stereocenters. The second-order valence-electron chi connectivity index (χ2n) is 8.89. The lowest BCUT2D eigenvalue weighted by atomic mass is 9.86. The number of halogens is 1. The van der Waals surface area contributed by atoms with E-state index >= 15 is 0 Å². The first-order valence-electron chi connectivity index (χ1n) is 11.4. The third-order valence-corrected chi connectivity index (χ3v) is 7.67. The predicted octanol–water partition coefficient (Wildman–Crippen LogP) is 4.73. The molecule has 3 aromatic rings. The second-order valence-corrected chi connectivity index (χ2v) is 9.81. The number of hydrogen-bond acceptors (Lipinski definition) is 5. The summed E-state index contributed by atoms with van der Waals surface area (Å²) in [7, 11) is 1.57. The van der Waals surface area contributed by atoms with Crippen molar-refractivity contribution >= 4 is 51.0 Å². The number of methoxy groups -OCH3 is 1. The number of rotatable bonds is 4. The van der Waals surface area contributed by atoms with E-state index < -0.39 is 17.9 Å². The van der Waals surface area contributed by atoms with Crippen LogP contribution in [-0.2, 0) is 9.59 Å². The summed E-state index contributed by atoms with van der Waals surface area (Å²) < 4.78 is 6.09. The Labute approximate surface area is 210 Å². The highest BCUT2D eigenvalue weighted by molar-refractivity contribution is 9.10. The minimum Gasteiger partial charge on any atom is -0.497 e. The van der Waals surface area contributed by atoms with Gasteiger partial charge in [-0.2, -0.15) is 0 Å². The van der Waals surface area contributed by atoms with Gasteiger partial charge in [0.25, 0.3) is 0 Å². The summed E-state index contributed by atoms with van der Waals surface area (Å²) in [5, 5.41) is 0. The molecule has 0 spiro atoms. The van der Waals surface area contributed by atoms with Crippen molar-refractivity contribution in [1.29, 1.82) is 0 Å². The molecule has 0 aliphatic carbocycles. The summed E-state index contributed by atoms with van der Waals surface area (Å²) in [5.74, 6) is -1.59. The molecule has 2 saturated heterocycles. The van der Waals surface area contributed by atoms with E-state index in [0.29, 0.717) is 17.0 Å². The maximum Gasteiger partial charge on any atom is 0.240 e. The Bertz CT molecular complexity index is 1380. The van der Waals surface area contributed by atoms with Crippen molar-refractivity contribution < 1.29 is 19.1 Å². The number of amides is 2. The molecule has 7 heteroatoms. The minimum atomic E-state index is -0.804. The molecular formula is C28H21BrN2O4. The third kappa shape index (κ3) is 3.26. The van der Waals surface area contributed by atoms with Gasteiger partial charge in [-0.1, -0.05) is 46.3 Å². The van der Waals surface area contributed by atoms with Gasteiger partial charge in [-0.25, -0.2) is 4.90 Å². The lowest BCUT2D eigenvalue weighted by molar-refractivity contribution is -0.122. The first kappa shape index (κ1) is 21.8. The molecule has 0 bridgehead atoms. The van der Waals surface area contributed by atoms with Crippen molar-refractivity contribution in [3.63, 3.8) is 0 Å². The van der Waals surface area contributed by atoms with Crippen LogP contribution in [0.5, 0.6) is 5.75 Å². The molecule has 6 rings (SSSR count). The van der Waals surface area contributed by atoms with E-state index in [0.717, 1.165) is 15.7 Å². The molecule has 2 amide bonds. The number of fused-ring (bicyclic) bond motifs is 5. The van der Waals surface area contributed by atoms with Gasteiger partial charge in [0, 0.05) is 15.7 Å². The van der Waals surface area contributed by atoms with Crippen molar-refractivity contribution in [2.24, 2.45) is 11.8 Å². The van der Waals surface area contributed by atoms with Crippen LogP contribution in [0.3, 0.4) is 0 Å². The maximum absolute atomic E-state index is 14.0. The Kier molecular flexibility index (Phi) is 5.11. The van der Waals surface area contributed by atoms with Crippen LogP contribution in [-0.4, -0.2) is 36.8 Å². The summed E-state index contributed by atoms with van der Waals surface area (Å²) in [4.78, 5) is 44.8. The monoisotopic (exact) mass is 528 g/mol. The molecule has 0 radical (unpaired) electrons. The number of hydrogen-bond donors (Lipinski definition) is 0. The smallest absolute Gasteiger partial charge is 0.240 e. The number of carbonyl (C=O) groups excluding carboxylic acids is 3. The number of ether oxygens (including phenoxy) is 1. The number of imide groups is 1. The lowest BCUT2D eigenvalue weighted by Gasteiger charge is -2.36. The first-order chi connectivity index (χ1) is 17.0. The van der Waals surface area contributed by atoms with Crippen molar-refractivity contribution in [2.45, 2.75) is 12.1 Å². The van der Waals surface area contributed by atoms with Gasteiger partial charge < -0.3 is 9.64 Å². The van der Waals surface area contributed by atoms with Crippen LogP contribution < -0.4 is 14.5 Å². The van der Waals surface area contributed by atoms with E-state index in [9.17, 15) is 14.4 Å². The lowest BCUT2D eigenvalue weighted by Crippen LogP contribution is -2.48. The highest BCUT2D eigenvalue weighted by atomic mass is 79.9. The first-order valence-corrected chi connectivity index (χ1v) is 12.2. The molecule has 3 aliphatic rings. The van der Waals surface area contributed by atoms with E-state index in [-0.39, 0.29) is 23.6 Å². The Morgan fingerprint density at radius 1 is 0.886 bits per heavy atom. The third-order valence-electron chi connectivity index (χ3n) is 7.14. The van der Waals surface area contributed by atoms with Crippen LogP contribution in [0.25, 0.3) is 6.08 Å². The standard InChI is InChI=1S/C28H21BrN2O4/c1-35-20-13-6-17(7-14-20)26(32)25-24-23(22-15-8-16-4-2-3-5-21(16)31(22)25)27(33)30(28(24)34)19-11-9-18(29)10-12-19/h2-15,22-25H,1H3/t22-,23-,24-,25+/m1/s1. The zero-order valence-electron chi connectivity index (χ0n) is 18.8. The van der Waals surface area contributed by atoms with Gasteiger partial charge in [-0.3, -0.25) is 14.4 Å². The molecule has 6 nitrogen and oxygen atoms in total. The number of para-hydroxylation sites is 1. The highest BCUT2D eigenvalue weighted by Crippen LogP contribution is 2.49. The number of ketones is 1. The van der Waals surface area contributed by atoms with Gasteiger partial charge >= 0.3 is 0 Å². The van der Waals surface area contributed by atoms with Crippen LogP contribution >= 0.6 is 15.9 Å². The molecule has 0 aromatic heterocycles. The summed E-state index contributed by atoms with van der Waals surface area (Å²) >= 11 is 3.40. The quantitative estimate of drug-likeness (QED) is 0.361. The predicted molar refractivity (Wildman–Crippen MR) is 136 cm³/mol. The summed E-state index contributed by atoms with van der Waals surface area (Å²) in [6.45, 7) is 0. The van der Waals surface area contributed by atoms with Gasteiger partial charge in [0.15, 0.2) is 5.78 Å². The van der Waals surface area contributed by atoms with Crippen LogP contribution in [0.15, 0.2) is 83.3 Å². The topological polar surface area (TPSA) is 66.9 Å². The number of benzene rings is 3. The normalized spacial score (nSPS) is 24.3. The van der Waals surface area contributed by atoms with Crippen LogP contribution in [0.4, 0.5) is 11.4 Å². The van der Waals surface area contributed by atoms with Crippen molar-refractivity contribution in [1.82, 2.24) is 0 Å². The number of carbonyl (C=O) groups is 3. The molecule has 3 heterocycles. The molecule has 174 valence electrons. The van der Waals surface area contributed by atoms with E-state index in [2.05, 4.69) is 15.9 Å². The zero-order chi connectivity index (χ0) is 24.3. The summed E-state index contributed by atoms with van der Waals surface area (Å²) in [6.07, 6.45) is 3.94. The van der Waals surface area contributed by atoms with Gasteiger partial charge in [0.05, 0.1) is 30.7 Å². The van der Waals surface area contributed by atoms with Crippen LogP contribution in [0.1, 0.15) is 15.9 Å². The highest BCUT2D eigenvalue weighted by Gasteiger charge is 2.64. The summed E-state index contributed by atoms with van der Waals surface area (Å²) in [5.41, 5.74) is 2.81. The van der Waals surface area contributed by atoms with Gasteiger partial charge in [-0.15, -0.1) is 0 Å².